The van der Waals surface area contributed by atoms with Gasteiger partial charge in [-0.1, -0.05) is 40.0 Å². The van der Waals surface area contributed by atoms with E-state index >= 15 is 0 Å². The molecule has 3 atom stereocenters. The number of pyridine rings is 1. The maximum atomic E-state index is 13.9. The Labute approximate surface area is 250 Å². The maximum Gasteiger partial charge on any atom is 0.405 e. The Bertz CT molecular complexity index is 1180. The number of nitrogens with one attached hydrogen (secondary N) is 3. The van der Waals surface area contributed by atoms with Crippen LogP contribution in [0.5, 0.6) is 0 Å². The van der Waals surface area contributed by atoms with E-state index in [0.717, 1.165) is 32.1 Å². The van der Waals surface area contributed by atoms with Gasteiger partial charge in [0.25, 0.3) is 5.91 Å². The third-order valence-corrected chi connectivity index (χ3v) is 8.32. The SMILES string of the molecule is CC(F)(F)CCC(NC(=O)[C@@H]1CC2(CCCCC2)CN1C(=O)C(NC(=O)O)C(C)(C)C)C(=O)C(=O)NCc1ccncc1. The van der Waals surface area contributed by atoms with E-state index in [-0.39, 0.29) is 24.9 Å². The fourth-order valence-corrected chi connectivity index (χ4v) is 5.99. The average molecular weight is 608 g/mol. The molecule has 4 N–H and O–H groups in total. The summed E-state index contributed by atoms with van der Waals surface area (Å²) in [5.41, 5.74) is -0.519. The summed E-state index contributed by atoms with van der Waals surface area (Å²) in [6.45, 7) is 6.03. The lowest BCUT2D eigenvalue weighted by atomic mass is 9.72. The van der Waals surface area contributed by atoms with Gasteiger partial charge in [0.05, 0.1) is 6.04 Å². The first-order valence-electron chi connectivity index (χ1n) is 14.7. The van der Waals surface area contributed by atoms with Gasteiger partial charge in [0, 0.05) is 31.9 Å². The summed E-state index contributed by atoms with van der Waals surface area (Å²) in [7, 11) is 0. The smallest absolute Gasteiger partial charge is 0.405 e. The van der Waals surface area contributed by atoms with E-state index in [4.69, 9.17) is 0 Å². The van der Waals surface area contributed by atoms with Crippen molar-refractivity contribution in [1.82, 2.24) is 25.8 Å². The second-order valence-electron chi connectivity index (χ2n) is 13.1. The minimum Gasteiger partial charge on any atom is -0.465 e. The normalized spacial score (nSPS) is 19.8. The molecular weight excluding hydrogens is 564 g/mol. The first kappa shape index (κ1) is 33.9. The fraction of sp³-hybridized carbons (Fsp3) is 0.667. The van der Waals surface area contributed by atoms with E-state index in [0.29, 0.717) is 12.5 Å². The van der Waals surface area contributed by atoms with Crippen LogP contribution in [0, 0.1) is 10.8 Å². The van der Waals surface area contributed by atoms with Crippen LogP contribution in [0.15, 0.2) is 24.5 Å². The molecule has 1 spiro atoms. The van der Waals surface area contributed by atoms with Gasteiger partial charge in [-0.2, -0.15) is 0 Å². The predicted molar refractivity (Wildman–Crippen MR) is 153 cm³/mol. The van der Waals surface area contributed by atoms with Crippen molar-refractivity contribution in [1.29, 1.82) is 0 Å². The van der Waals surface area contributed by atoms with Crippen molar-refractivity contribution >= 4 is 29.6 Å². The second-order valence-corrected chi connectivity index (χ2v) is 13.1. The molecule has 13 heteroatoms. The largest absolute Gasteiger partial charge is 0.465 e. The molecule has 0 aromatic carbocycles. The van der Waals surface area contributed by atoms with Crippen LogP contribution in [0.3, 0.4) is 0 Å². The van der Waals surface area contributed by atoms with E-state index < -0.39 is 71.9 Å². The Morgan fingerprint density at radius 1 is 1.05 bits per heavy atom. The highest BCUT2D eigenvalue weighted by Crippen LogP contribution is 2.47. The van der Waals surface area contributed by atoms with Crippen LogP contribution in [0.25, 0.3) is 0 Å². The summed E-state index contributed by atoms with van der Waals surface area (Å²) in [6.07, 6.45) is 5.07. The molecule has 0 bridgehead atoms. The van der Waals surface area contributed by atoms with Crippen LogP contribution >= 0.6 is 0 Å². The highest BCUT2D eigenvalue weighted by molar-refractivity contribution is 6.38. The molecule has 11 nitrogen and oxygen atoms in total. The molecule has 3 rings (SSSR count). The van der Waals surface area contributed by atoms with Crippen molar-refractivity contribution in [3.05, 3.63) is 30.1 Å². The third kappa shape index (κ3) is 9.42. The lowest BCUT2D eigenvalue weighted by molar-refractivity contribution is -0.144. The van der Waals surface area contributed by atoms with Crippen LogP contribution in [0.2, 0.25) is 0 Å². The van der Waals surface area contributed by atoms with Gasteiger partial charge in [0.2, 0.25) is 23.5 Å². The second kappa shape index (κ2) is 13.8. The maximum absolute atomic E-state index is 13.9. The molecule has 1 saturated carbocycles. The van der Waals surface area contributed by atoms with Gasteiger partial charge in [-0.05, 0) is 61.1 Å². The molecule has 43 heavy (non-hydrogen) atoms. The minimum atomic E-state index is -3.15. The molecule has 2 aliphatic rings. The van der Waals surface area contributed by atoms with Crippen LogP contribution in [-0.2, 0) is 25.7 Å². The summed E-state index contributed by atoms with van der Waals surface area (Å²) >= 11 is 0. The molecule has 0 radical (unpaired) electrons. The number of carboxylic acid groups (broad SMARTS) is 1. The fourth-order valence-electron chi connectivity index (χ4n) is 5.99. The highest BCUT2D eigenvalue weighted by atomic mass is 19.3. The molecule has 1 aromatic heterocycles. The summed E-state index contributed by atoms with van der Waals surface area (Å²) in [5.74, 6) is -6.58. The number of aromatic nitrogens is 1. The van der Waals surface area contributed by atoms with Crippen LogP contribution in [-0.4, -0.2) is 75.2 Å². The number of carbonyl (C=O) groups is 5. The van der Waals surface area contributed by atoms with Gasteiger partial charge in [-0.3, -0.25) is 24.2 Å². The molecule has 2 heterocycles. The van der Waals surface area contributed by atoms with Crippen LogP contribution in [0.1, 0.15) is 84.6 Å². The van der Waals surface area contributed by atoms with Crippen molar-refractivity contribution in [3.8, 4) is 0 Å². The quantitative estimate of drug-likeness (QED) is 0.281. The molecule has 4 amide bonds. The summed E-state index contributed by atoms with van der Waals surface area (Å²) < 4.78 is 27.7. The molecule has 2 fully saturated rings. The zero-order valence-corrected chi connectivity index (χ0v) is 25.3. The first-order chi connectivity index (χ1) is 20.0. The van der Waals surface area contributed by atoms with Crippen LogP contribution < -0.4 is 16.0 Å². The van der Waals surface area contributed by atoms with Crippen molar-refractivity contribution in [2.45, 2.75) is 110 Å². The highest BCUT2D eigenvalue weighted by Gasteiger charge is 2.51. The van der Waals surface area contributed by atoms with Crippen molar-refractivity contribution in [2.75, 3.05) is 6.54 Å². The number of alkyl halides is 2. The molecule has 1 saturated heterocycles. The number of hydrogen-bond acceptors (Lipinski definition) is 6. The van der Waals surface area contributed by atoms with Gasteiger partial charge in [0.15, 0.2) is 0 Å². The Morgan fingerprint density at radius 2 is 1.67 bits per heavy atom. The van der Waals surface area contributed by atoms with Gasteiger partial charge in [-0.15, -0.1) is 0 Å². The average Bonchev–Trinajstić information content (AvgIpc) is 3.30. The van der Waals surface area contributed by atoms with Crippen molar-refractivity contribution in [3.63, 3.8) is 0 Å². The Kier molecular flexibility index (Phi) is 10.8. The Morgan fingerprint density at radius 3 is 2.23 bits per heavy atom. The lowest BCUT2D eigenvalue weighted by Crippen LogP contribution is -2.59. The van der Waals surface area contributed by atoms with E-state index in [1.54, 1.807) is 32.9 Å². The topological polar surface area (TPSA) is 158 Å². The van der Waals surface area contributed by atoms with Gasteiger partial charge < -0.3 is 26.0 Å². The molecule has 2 unspecified atom stereocenters. The standard InChI is InChI=1S/C30H43F2N5O6/c1-28(2,3)23(36-27(42)43)26(41)37-18-30(11-6-5-7-12-30)16-21(37)24(39)35-20(8-13-29(4,31)32)22(38)25(40)34-17-19-9-14-33-15-10-19/h9-10,14-15,20-21,23,36H,5-8,11-13,16-18H2,1-4H3,(H,34,40)(H,35,39)(H,42,43)/t20?,21-,23?/m0/s1. The van der Waals surface area contributed by atoms with Gasteiger partial charge in [0.1, 0.15) is 12.1 Å². The lowest BCUT2D eigenvalue weighted by Gasteiger charge is -2.36. The molecule has 1 aliphatic carbocycles. The number of Topliss-reactive ketones (excluding diaryl/α,β-unsaturated/α-hetero) is 1. The van der Waals surface area contributed by atoms with Crippen LogP contribution in [0.4, 0.5) is 13.6 Å². The zero-order valence-electron chi connectivity index (χ0n) is 25.3. The molecule has 238 valence electrons. The number of ketones is 1. The van der Waals surface area contributed by atoms with Crippen molar-refractivity contribution < 1.29 is 37.9 Å². The summed E-state index contributed by atoms with van der Waals surface area (Å²) in [4.78, 5) is 70.4. The van der Waals surface area contributed by atoms with E-state index in [2.05, 4.69) is 20.9 Å². The Hall–Kier alpha value is -3.64. The van der Waals surface area contributed by atoms with Gasteiger partial charge >= 0.3 is 6.09 Å². The number of carbonyl (C=O) groups excluding carboxylic acids is 4. The van der Waals surface area contributed by atoms with Gasteiger partial charge in [-0.25, -0.2) is 13.6 Å². The monoisotopic (exact) mass is 607 g/mol. The molecular formula is C30H43F2N5O6. The zero-order chi connectivity index (χ0) is 32.0. The van der Waals surface area contributed by atoms with E-state index in [9.17, 15) is 37.9 Å². The summed E-state index contributed by atoms with van der Waals surface area (Å²) in [5, 5.41) is 16.7. The summed E-state index contributed by atoms with van der Waals surface area (Å²) in [6, 6.07) is -0.499. The van der Waals surface area contributed by atoms with E-state index in [1.165, 1.54) is 17.3 Å². The number of rotatable bonds is 11. The number of amides is 4. The number of halogens is 2. The van der Waals surface area contributed by atoms with E-state index in [1.807, 2.05) is 0 Å². The predicted octanol–water partition coefficient (Wildman–Crippen LogP) is 3.42. The first-order valence-corrected chi connectivity index (χ1v) is 14.7. The minimum absolute atomic E-state index is 0.00408. The molecule has 1 aliphatic heterocycles. The van der Waals surface area contributed by atoms with Crippen molar-refractivity contribution in [2.24, 2.45) is 10.8 Å². The molecule has 1 aromatic rings. The Balaban J connectivity index is 1.85. The third-order valence-electron chi connectivity index (χ3n) is 8.32. The number of likely N-dealkylation sites (tertiary alicyclic amines) is 1. The number of hydrogen-bond donors (Lipinski definition) is 4. The number of nitrogens with zero attached hydrogens (tertiary/aromatic N) is 2.